The van der Waals surface area contributed by atoms with Crippen LogP contribution in [-0.2, 0) is 14.3 Å². The van der Waals surface area contributed by atoms with Gasteiger partial charge in [0.2, 0.25) is 5.91 Å². The molecule has 0 aliphatic carbocycles. The molecule has 1 aliphatic heterocycles. The highest BCUT2D eigenvalue weighted by atomic mass is 16.7. The van der Waals surface area contributed by atoms with Gasteiger partial charge in [-0.15, -0.1) is 0 Å². The smallest absolute Gasteiger partial charge is 0.224 e. The first-order valence-electron chi connectivity index (χ1n) is 7.62. The summed E-state index contributed by atoms with van der Waals surface area (Å²) in [6, 6.07) is 7.61. The lowest BCUT2D eigenvalue weighted by Gasteiger charge is -2.10. The van der Waals surface area contributed by atoms with Crippen LogP contribution in [0.4, 0.5) is 5.69 Å². The monoisotopic (exact) mass is 292 g/mol. The second kappa shape index (κ2) is 8.77. The average Bonchev–Trinajstić information content (AvgIpc) is 3.02. The summed E-state index contributed by atoms with van der Waals surface area (Å²) in [7, 11) is 0. The van der Waals surface area contributed by atoms with Gasteiger partial charge in [0.15, 0.2) is 6.29 Å². The Kier molecular flexibility index (Phi) is 6.66. The Morgan fingerprint density at radius 3 is 2.43 bits per heavy atom. The highest BCUT2D eigenvalue weighted by Crippen LogP contribution is 2.24. The van der Waals surface area contributed by atoms with Crippen LogP contribution in [0.3, 0.4) is 0 Å². The second-order valence-corrected chi connectivity index (χ2v) is 5.20. The maximum atomic E-state index is 11.8. The van der Waals surface area contributed by atoms with E-state index < -0.39 is 0 Å². The predicted octanol–water partition coefficient (Wildman–Crippen LogP) is 2.58. The summed E-state index contributed by atoms with van der Waals surface area (Å²) in [5.74, 6) is 0.0591. The van der Waals surface area contributed by atoms with Gasteiger partial charge >= 0.3 is 0 Å². The molecular weight excluding hydrogens is 268 g/mol. The summed E-state index contributed by atoms with van der Waals surface area (Å²) in [6.45, 7) is 1.99. The third kappa shape index (κ3) is 5.46. The van der Waals surface area contributed by atoms with Crippen molar-refractivity contribution in [2.75, 3.05) is 25.1 Å². The molecule has 1 fully saturated rings. The summed E-state index contributed by atoms with van der Waals surface area (Å²) in [5, 5.41) is 2.91. The number of unbranched alkanes of at least 4 members (excludes halogenated alkanes) is 3. The number of rotatable bonds is 8. The van der Waals surface area contributed by atoms with Crippen molar-refractivity contribution in [3.8, 4) is 0 Å². The molecule has 5 heteroatoms. The van der Waals surface area contributed by atoms with Crippen molar-refractivity contribution < 1.29 is 14.3 Å². The van der Waals surface area contributed by atoms with Crippen LogP contribution in [0.1, 0.15) is 44.0 Å². The third-order valence-corrected chi connectivity index (χ3v) is 3.45. The van der Waals surface area contributed by atoms with Crippen molar-refractivity contribution >= 4 is 11.6 Å². The topological polar surface area (TPSA) is 73.6 Å². The Labute approximate surface area is 125 Å². The predicted molar refractivity (Wildman–Crippen MR) is 81.9 cm³/mol. The molecule has 21 heavy (non-hydrogen) atoms. The Morgan fingerprint density at radius 2 is 1.76 bits per heavy atom. The molecular formula is C16H24N2O3. The van der Waals surface area contributed by atoms with Crippen LogP contribution in [0.25, 0.3) is 0 Å². The Hall–Kier alpha value is -1.43. The first kappa shape index (κ1) is 15.9. The highest BCUT2D eigenvalue weighted by molar-refractivity contribution is 5.90. The number of anilines is 1. The number of carbonyl (C=O) groups excluding carboxylic acids is 1. The molecule has 0 radical (unpaired) electrons. The molecule has 1 heterocycles. The minimum absolute atomic E-state index is 0.0591. The van der Waals surface area contributed by atoms with Crippen LogP contribution in [0.15, 0.2) is 24.3 Å². The molecule has 1 aromatic carbocycles. The first-order chi connectivity index (χ1) is 10.3. The SMILES string of the molecule is NCCCCCCC(=O)Nc1ccc(C2OCCO2)cc1. The number of carbonyl (C=O) groups is 1. The number of benzene rings is 1. The fourth-order valence-corrected chi connectivity index (χ4v) is 2.28. The molecule has 0 saturated carbocycles. The molecule has 0 unspecified atom stereocenters. The zero-order valence-corrected chi connectivity index (χ0v) is 12.3. The van der Waals surface area contributed by atoms with E-state index in [1.165, 1.54) is 0 Å². The first-order valence-corrected chi connectivity index (χ1v) is 7.62. The Balaban J connectivity index is 1.71. The average molecular weight is 292 g/mol. The van der Waals surface area contributed by atoms with Crippen molar-refractivity contribution in [3.63, 3.8) is 0 Å². The van der Waals surface area contributed by atoms with Gasteiger partial charge in [0.25, 0.3) is 0 Å². The summed E-state index contributed by atoms with van der Waals surface area (Å²) in [6.07, 6.45) is 4.39. The third-order valence-electron chi connectivity index (χ3n) is 3.45. The van der Waals surface area contributed by atoms with Gasteiger partial charge in [-0.1, -0.05) is 25.0 Å². The van der Waals surface area contributed by atoms with E-state index in [1.807, 2.05) is 24.3 Å². The van der Waals surface area contributed by atoms with E-state index in [-0.39, 0.29) is 12.2 Å². The van der Waals surface area contributed by atoms with Gasteiger partial charge in [-0.3, -0.25) is 4.79 Å². The molecule has 0 spiro atoms. The summed E-state index contributed by atoms with van der Waals surface area (Å²) < 4.78 is 10.9. The molecule has 1 amide bonds. The van der Waals surface area contributed by atoms with Crippen LogP contribution < -0.4 is 11.1 Å². The van der Waals surface area contributed by atoms with Gasteiger partial charge in [0.1, 0.15) is 0 Å². The lowest BCUT2D eigenvalue weighted by atomic mass is 10.1. The minimum Gasteiger partial charge on any atom is -0.346 e. The number of hydrogen-bond donors (Lipinski definition) is 2. The van der Waals surface area contributed by atoms with Gasteiger partial charge in [-0.2, -0.15) is 0 Å². The second-order valence-electron chi connectivity index (χ2n) is 5.20. The van der Waals surface area contributed by atoms with Crippen LogP contribution >= 0.6 is 0 Å². The molecule has 1 saturated heterocycles. The number of hydrogen-bond acceptors (Lipinski definition) is 4. The van der Waals surface area contributed by atoms with Crippen LogP contribution in [0, 0.1) is 0 Å². The maximum absolute atomic E-state index is 11.8. The van der Waals surface area contributed by atoms with Crippen molar-refractivity contribution in [1.82, 2.24) is 0 Å². The van der Waals surface area contributed by atoms with Crippen LogP contribution in [-0.4, -0.2) is 25.7 Å². The van der Waals surface area contributed by atoms with Crippen LogP contribution in [0.5, 0.6) is 0 Å². The number of nitrogens with one attached hydrogen (secondary N) is 1. The van der Waals surface area contributed by atoms with E-state index in [9.17, 15) is 4.79 Å². The summed E-state index contributed by atoms with van der Waals surface area (Å²) >= 11 is 0. The molecule has 0 aromatic heterocycles. The standard InChI is InChI=1S/C16H24N2O3/c17-10-4-2-1-3-5-15(19)18-14-8-6-13(7-9-14)16-20-11-12-21-16/h6-9,16H,1-5,10-12,17H2,(H,18,19). The van der Waals surface area contributed by atoms with Crippen molar-refractivity contribution in [2.45, 2.75) is 38.4 Å². The van der Waals surface area contributed by atoms with Gasteiger partial charge in [-0.25, -0.2) is 0 Å². The number of nitrogens with two attached hydrogens (primary N) is 1. The van der Waals surface area contributed by atoms with Crippen molar-refractivity contribution in [1.29, 1.82) is 0 Å². The van der Waals surface area contributed by atoms with E-state index in [0.29, 0.717) is 19.6 Å². The molecule has 5 nitrogen and oxygen atoms in total. The normalized spacial score (nSPS) is 15.3. The summed E-state index contributed by atoms with van der Waals surface area (Å²) in [4.78, 5) is 11.8. The van der Waals surface area contributed by atoms with E-state index in [1.54, 1.807) is 0 Å². The molecule has 116 valence electrons. The molecule has 0 bridgehead atoms. The molecule has 1 aliphatic rings. The lowest BCUT2D eigenvalue weighted by Crippen LogP contribution is -2.11. The maximum Gasteiger partial charge on any atom is 0.224 e. The van der Waals surface area contributed by atoms with Gasteiger partial charge in [-0.05, 0) is 31.5 Å². The highest BCUT2D eigenvalue weighted by Gasteiger charge is 2.17. The van der Waals surface area contributed by atoms with E-state index in [0.717, 1.165) is 43.5 Å². The van der Waals surface area contributed by atoms with Gasteiger partial charge in [0.05, 0.1) is 13.2 Å². The Bertz CT molecular complexity index is 428. The molecule has 1 aromatic rings. The van der Waals surface area contributed by atoms with E-state index in [4.69, 9.17) is 15.2 Å². The van der Waals surface area contributed by atoms with Crippen LogP contribution in [0.2, 0.25) is 0 Å². The van der Waals surface area contributed by atoms with E-state index in [2.05, 4.69) is 5.32 Å². The van der Waals surface area contributed by atoms with Crippen molar-refractivity contribution in [2.24, 2.45) is 5.73 Å². The fourth-order valence-electron chi connectivity index (χ4n) is 2.28. The zero-order chi connectivity index (χ0) is 14.9. The summed E-state index contributed by atoms with van der Waals surface area (Å²) in [5.41, 5.74) is 7.22. The van der Waals surface area contributed by atoms with E-state index >= 15 is 0 Å². The lowest BCUT2D eigenvalue weighted by molar-refractivity contribution is -0.116. The molecule has 0 atom stereocenters. The van der Waals surface area contributed by atoms with Gasteiger partial charge in [0, 0.05) is 17.7 Å². The zero-order valence-electron chi connectivity index (χ0n) is 12.3. The van der Waals surface area contributed by atoms with Crippen molar-refractivity contribution in [3.05, 3.63) is 29.8 Å². The fraction of sp³-hybridized carbons (Fsp3) is 0.562. The largest absolute Gasteiger partial charge is 0.346 e. The Morgan fingerprint density at radius 1 is 1.10 bits per heavy atom. The minimum atomic E-state index is -0.266. The quantitative estimate of drug-likeness (QED) is 0.722. The number of ether oxygens (including phenoxy) is 2. The molecule has 2 rings (SSSR count). The number of amides is 1. The van der Waals surface area contributed by atoms with Gasteiger partial charge < -0.3 is 20.5 Å². The molecule has 3 N–H and O–H groups in total.